The van der Waals surface area contributed by atoms with E-state index in [0.29, 0.717) is 17.1 Å². The molecule has 2 amide bonds. The van der Waals surface area contributed by atoms with Crippen molar-refractivity contribution < 1.29 is 17.9 Å². The molecule has 0 aromatic heterocycles. The van der Waals surface area contributed by atoms with Gasteiger partial charge >= 0.3 is 6.03 Å². The minimum Gasteiger partial charge on any atom is -0.497 e. The first-order chi connectivity index (χ1) is 12.0. The molecule has 130 valence electrons. The summed E-state index contributed by atoms with van der Waals surface area (Å²) in [6.45, 7) is 0. The Morgan fingerprint density at radius 3 is 2.16 bits per heavy atom. The van der Waals surface area contributed by atoms with E-state index in [1.165, 1.54) is 0 Å². The molecule has 2 heterocycles. The Morgan fingerprint density at radius 1 is 0.920 bits per heavy atom. The summed E-state index contributed by atoms with van der Waals surface area (Å²) in [5.74, 6) is 0.587. The van der Waals surface area contributed by atoms with Gasteiger partial charge in [0.25, 0.3) is 0 Å². The second-order valence-corrected chi connectivity index (χ2v) is 8.43. The fraction of sp³-hybridized carbons (Fsp3) is 0.278. The Kier molecular flexibility index (Phi) is 3.68. The standard InChI is InChI=1S/C18H18N2O4S/c1-24-15-9-5-8-14(10-15)20-17-12-25(22,23)11-16(17)19(18(20)21)13-6-3-2-4-7-13/h2-10,16-17H,11-12H2,1H3/t16-,17-/m1/s1. The largest absolute Gasteiger partial charge is 0.497 e. The molecular weight excluding hydrogens is 340 g/mol. The minimum absolute atomic E-state index is 0.0151. The van der Waals surface area contributed by atoms with Gasteiger partial charge in [-0.2, -0.15) is 0 Å². The van der Waals surface area contributed by atoms with Gasteiger partial charge in [0, 0.05) is 17.4 Å². The molecule has 0 bridgehead atoms. The number of nitrogens with zero attached hydrogens (tertiary/aromatic N) is 2. The van der Waals surface area contributed by atoms with Gasteiger partial charge in [-0.15, -0.1) is 0 Å². The third-order valence-corrected chi connectivity index (χ3v) is 6.43. The lowest BCUT2D eigenvalue weighted by Gasteiger charge is -2.23. The van der Waals surface area contributed by atoms with Crippen molar-refractivity contribution in [2.45, 2.75) is 12.1 Å². The Labute approximate surface area is 146 Å². The number of carbonyl (C=O) groups excluding carboxylic acids is 1. The van der Waals surface area contributed by atoms with Gasteiger partial charge in [0.1, 0.15) is 5.75 Å². The number of urea groups is 1. The summed E-state index contributed by atoms with van der Waals surface area (Å²) in [5, 5.41) is 0. The van der Waals surface area contributed by atoms with Crippen LogP contribution in [0.25, 0.3) is 0 Å². The van der Waals surface area contributed by atoms with E-state index in [4.69, 9.17) is 4.74 Å². The SMILES string of the molecule is COc1cccc(N2C(=O)N(c3ccccc3)[C@@H]3CS(=O)(=O)C[C@H]32)c1. The minimum atomic E-state index is -3.19. The van der Waals surface area contributed by atoms with Gasteiger partial charge in [0.05, 0.1) is 30.7 Å². The maximum atomic E-state index is 13.1. The first-order valence-corrected chi connectivity index (χ1v) is 9.84. The van der Waals surface area contributed by atoms with E-state index >= 15 is 0 Å². The van der Waals surface area contributed by atoms with Crippen LogP contribution < -0.4 is 14.5 Å². The number of ether oxygens (including phenoxy) is 1. The lowest BCUT2D eigenvalue weighted by Crippen LogP contribution is -2.37. The van der Waals surface area contributed by atoms with Crippen LogP contribution in [0.15, 0.2) is 54.6 Å². The third kappa shape index (κ3) is 2.64. The summed E-state index contributed by atoms with van der Waals surface area (Å²) in [4.78, 5) is 16.3. The molecule has 2 saturated heterocycles. The van der Waals surface area contributed by atoms with Crippen LogP contribution in [0.3, 0.4) is 0 Å². The van der Waals surface area contributed by atoms with Crippen LogP contribution in [0, 0.1) is 0 Å². The van der Waals surface area contributed by atoms with Crippen molar-refractivity contribution in [3.05, 3.63) is 54.6 Å². The fourth-order valence-corrected chi connectivity index (χ4v) is 5.58. The zero-order valence-electron chi connectivity index (χ0n) is 13.7. The highest BCUT2D eigenvalue weighted by molar-refractivity contribution is 7.91. The topological polar surface area (TPSA) is 66.9 Å². The molecule has 2 aliphatic rings. The molecule has 25 heavy (non-hydrogen) atoms. The van der Waals surface area contributed by atoms with Gasteiger partial charge in [-0.1, -0.05) is 24.3 Å². The number of anilines is 2. The third-order valence-electron chi connectivity index (χ3n) is 4.73. The predicted molar refractivity (Wildman–Crippen MR) is 96.0 cm³/mol. The van der Waals surface area contributed by atoms with Crippen LogP contribution in [0.4, 0.5) is 16.2 Å². The summed E-state index contributed by atoms with van der Waals surface area (Å²) in [5.41, 5.74) is 1.36. The molecule has 0 N–H and O–H groups in total. The Balaban J connectivity index is 1.80. The maximum Gasteiger partial charge on any atom is 0.329 e. The predicted octanol–water partition coefficient (Wildman–Crippen LogP) is 2.31. The van der Waals surface area contributed by atoms with Crippen LogP contribution >= 0.6 is 0 Å². The van der Waals surface area contributed by atoms with E-state index in [1.54, 1.807) is 41.2 Å². The van der Waals surface area contributed by atoms with Gasteiger partial charge in [0.2, 0.25) is 0 Å². The van der Waals surface area contributed by atoms with E-state index in [2.05, 4.69) is 0 Å². The van der Waals surface area contributed by atoms with Crippen molar-refractivity contribution in [1.82, 2.24) is 0 Å². The molecule has 2 fully saturated rings. The normalized spacial score (nSPS) is 24.4. The Morgan fingerprint density at radius 2 is 1.52 bits per heavy atom. The molecule has 0 radical (unpaired) electrons. The van der Waals surface area contributed by atoms with Crippen molar-refractivity contribution in [1.29, 1.82) is 0 Å². The van der Waals surface area contributed by atoms with Crippen LogP contribution in [-0.2, 0) is 9.84 Å². The molecule has 0 unspecified atom stereocenters. The lowest BCUT2D eigenvalue weighted by atomic mass is 10.1. The van der Waals surface area contributed by atoms with Crippen molar-refractivity contribution in [2.75, 3.05) is 28.4 Å². The maximum absolute atomic E-state index is 13.1. The molecule has 2 aliphatic heterocycles. The van der Waals surface area contributed by atoms with Crippen LogP contribution in [0.5, 0.6) is 5.75 Å². The molecule has 0 saturated carbocycles. The van der Waals surface area contributed by atoms with Crippen LogP contribution in [0.2, 0.25) is 0 Å². The van der Waals surface area contributed by atoms with Crippen molar-refractivity contribution in [2.24, 2.45) is 0 Å². The summed E-state index contributed by atoms with van der Waals surface area (Å²) in [6, 6.07) is 15.4. The molecule has 2 aromatic carbocycles. The van der Waals surface area contributed by atoms with Gasteiger partial charge in [-0.05, 0) is 24.3 Å². The second-order valence-electron chi connectivity index (χ2n) is 6.27. The van der Waals surface area contributed by atoms with Crippen molar-refractivity contribution in [3.63, 3.8) is 0 Å². The quantitative estimate of drug-likeness (QED) is 0.790. The van der Waals surface area contributed by atoms with Crippen molar-refractivity contribution in [3.8, 4) is 5.75 Å². The highest BCUT2D eigenvalue weighted by atomic mass is 32.2. The summed E-state index contributed by atoms with van der Waals surface area (Å²) in [7, 11) is -1.63. The molecule has 0 spiro atoms. The van der Waals surface area contributed by atoms with Gasteiger partial charge in [-0.25, -0.2) is 13.2 Å². The fourth-order valence-electron chi connectivity index (χ4n) is 3.66. The molecular formula is C18H18N2O4S. The van der Waals surface area contributed by atoms with E-state index in [0.717, 1.165) is 0 Å². The van der Waals surface area contributed by atoms with Crippen molar-refractivity contribution >= 4 is 27.2 Å². The highest BCUT2D eigenvalue weighted by Crippen LogP contribution is 2.38. The number of hydrogen-bond acceptors (Lipinski definition) is 4. The first-order valence-electron chi connectivity index (χ1n) is 8.02. The average molecular weight is 358 g/mol. The molecule has 4 rings (SSSR count). The summed E-state index contributed by atoms with van der Waals surface area (Å²) >= 11 is 0. The molecule has 0 aliphatic carbocycles. The first kappa shape index (κ1) is 16.0. The second kappa shape index (κ2) is 5.77. The van der Waals surface area contributed by atoms with Gasteiger partial charge < -0.3 is 4.74 Å². The number of methoxy groups -OCH3 is 1. The monoisotopic (exact) mass is 358 g/mol. The smallest absolute Gasteiger partial charge is 0.329 e. The number of sulfone groups is 1. The number of rotatable bonds is 3. The number of hydrogen-bond donors (Lipinski definition) is 0. The average Bonchev–Trinajstić information content (AvgIpc) is 3.04. The Bertz CT molecular complexity index is 914. The lowest BCUT2D eigenvalue weighted by molar-refractivity contribution is 0.255. The number of amides is 2. The number of benzene rings is 2. The van der Waals surface area contributed by atoms with E-state index in [9.17, 15) is 13.2 Å². The summed E-state index contributed by atoms with van der Waals surface area (Å²) < 4.78 is 29.7. The molecule has 2 atom stereocenters. The van der Waals surface area contributed by atoms with Crippen LogP contribution in [0.1, 0.15) is 0 Å². The van der Waals surface area contributed by atoms with E-state index in [-0.39, 0.29) is 23.6 Å². The van der Waals surface area contributed by atoms with Crippen LogP contribution in [-0.4, -0.2) is 45.1 Å². The van der Waals surface area contributed by atoms with Gasteiger partial charge in [0.15, 0.2) is 9.84 Å². The number of fused-ring (bicyclic) bond motifs is 1. The van der Waals surface area contributed by atoms with E-state index in [1.807, 2.05) is 30.3 Å². The zero-order chi connectivity index (χ0) is 17.6. The molecule has 2 aromatic rings. The zero-order valence-corrected chi connectivity index (χ0v) is 14.5. The summed E-state index contributed by atoms with van der Waals surface area (Å²) in [6.07, 6.45) is 0. The molecule has 7 heteroatoms. The van der Waals surface area contributed by atoms with E-state index < -0.39 is 15.9 Å². The van der Waals surface area contributed by atoms with Gasteiger partial charge in [-0.3, -0.25) is 9.80 Å². The molecule has 6 nitrogen and oxygen atoms in total. The number of carbonyl (C=O) groups is 1. The number of para-hydroxylation sites is 1. The highest BCUT2D eigenvalue weighted by Gasteiger charge is 2.54. The Hall–Kier alpha value is -2.54.